The number of benzene rings is 1. The molecule has 0 radical (unpaired) electrons. The van der Waals surface area contributed by atoms with Gasteiger partial charge in [0, 0.05) is 37.9 Å². The van der Waals surface area contributed by atoms with Crippen LogP contribution in [0, 0.1) is 0 Å². The molecular weight excluding hydrogens is 234 g/mol. The van der Waals surface area contributed by atoms with Gasteiger partial charge in [0.2, 0.25) is 0 Å². The number of likely N-dealkylation sites (N-methyl/N-ethyl adjacent to an activating group) is 1. The van der Waals surface area contributed by atoms with Gasteiger partial charge in [0.15, 0.2) is 0 Å². The van der Waals surface area contributed by atoms with E-state index in [0.717, 1.165) is 26.2 Å². The van der Waals surface area contributed by atoms with Crippen molar-refractivity contribution in [2.45, 2.75) is 32.2 Å². The molecule has 1 saturated heterocycles. The van der Waals surface area contributed by atoms with Gasteiger partial charge in [-0.15, -0.1) is 0 Å². The predicted octanol–water partition coefficient (Wildman–Crippen LogP) is 2.34. The standard InChI is InChI=1S/C16H27N3/c1-3-4-14-5-7-15(8-6-14)18-10-9-16-13-17-11-12-19(16)2/h5-8,16-18H,3-4,9-13H2,1-2H3. The van der Waals surface area contributed by atoms with Crippen LogP contribution in [0.25, 0.3) is 0 Å². The van der Waals surface area contributed by atoms with Crippen LogP contribution in [0.2, 0.25) is 0 Å². The van der Waals surface area contributed by atoms with Gasteiger partial charge in [-0.1, -0.05) is 25.5 Å². The summed E-state index contributed by atoms with van der Waals surface area (Å²) in [6, 6.07) is 9.54. The minimum Gasteiger partial charge on any atom is -0.385 e. The van der Waals surface area contributed by atoms with Crippen molar-refractivity contribution >= 4 is 5.69 Å². The summed E-state index contributed by atoms with van der Waals surface area (Å²) < 4.78 is 0. The normalized spacial score (nSPS) is 20.4. The second-order valence-corrected chi connectivity index (χ2v) is 5.50. The van der Waals surface area contributed by atoms with Crippen LogP contribution in [0.4, 0.5) is 5.69 Å². The Balaban J connectivity index is 1.72. The van der Waals surface area contributed by atoms with E-state index in [4.69, 9.17) is 0 Å². The minimum atomic E-state index is 0.667. The minimum absolute atomic E-state index is 0.667. The van der Waals surface area contributed by atoms with Crippen LogP contribution in [0.5, 0.6) is 0 Å². The van der Waals surface area contributed by atoms with Crippen LogP contribution in [0.3, 0.4) is 0 Å². The lowest BCUT2D eigenvalue weighted by atomic mass is 10.1. The molecule has 1 aromatic rings. The van der Waals surface area contributed by atoms with E-state index in [1.807, 2.05) is 0 Å². The summed E-state index contributed by atoms with van der Waals surface area (Å²) in [5.74, 6) is 0. The van der Waals surface area contributed by atoms with Crippen molar-refractivity contribution in [3.8, 4) is 0 Å². The van der Waals surface area contributed by atoms with Crippen molar-refractivity contribution < 1.29 is 0 Å². The van der Waals surface area contributed by atoms with Crippen LogP contribution < -0.4 is 10.6 Å². The SMILES string of the molecule is CCCc1ccc(NCCC2CNCCN2C)cc1. The number of nitrogens with one attached hydrogen (secondary N) is 2. The van der Waals surface area contributed by atoms with Gasteiger partial charge >= 0.3 is 0 Å². The monoisotopic (exact) mass is 261 g/mol. The molecule has 0 saturated carbocycles. The van der Waals surface area contributed by atoms with Crippen molar-refractivity contribution in [1.82, 2.24) is 10.2 Å². The molecule has 106 valence electrons. The first-order valence-corrected chi connectivity index (χ1v) is 7.53. The zero-order valence-electron chi connectivity index (χ0n) is 12.3. The third-order valence-electron chi connectivity index (χ3n) is 3.94. The fraction of sp³-hybridized carbons (Fsp3) is 0.625. The second-order valence-electron chi connectivity index (χ2n) is 5.50. The van der Waals surface area contributed by atoms with Crippen molar-refractivity contribution in [2.24, 2.45) is 0 Å². The quantitative estimate of drug-likeness (QED) is 0.823. The third-order valence-corrected chi connectivity index (χ3v) is 3.94. The van der Waals surface area contributed by atoms with E-state index in [2.05, 4.69) is 53.8 Å². The van der Waals surface area contributed by atoms with Gasteiger partial charge in [-0.3, -0.25) is 0 Å². The largest absolute Gasteiger partial charge is 0.385 e. The fourth-order valence-electron chi connectivity index (χ4n) is 2.65. The van der Waals surface area contributed by atoms with Gasteiger partial charge in [-0.2, -0.15) is 0 Å². The molecule has 3 nitrogen and oxygen atoms in total. The highest BCUT2D eigenvalue weighted by atomic mass is 15.2. The Morgan fingerprint density at radius 3 is 2.79 bits per heavy atom. The Morgan fingerprint density at radius 2 is 2.11 bits per heavy atom. The molecule has 0 spiro atoms. The molecule has 1 aromatic carbocycles. The lowest BCUT2D eigenvalue weighted by Gasteiger charge is -2.33. The first kappa shape index (κ1) is 14.4. The maximum atomic E-state index is 3.53. The van der Waals surface area contributed by atoms with E-state index in [1.165, 1.54) is 30.5 Å². The topological polar surface area (TPSA) is 27.3 Å². The molecule has 2 N–H and O–H groups in total. The van der Waals surface area contributed by atoms with E-state index >= 15 is 0 Å². The van der Waals surface area contributed by atoms with Crippen LogP contribution in [-0.4, -0.2) is 44.2 Å². The number of rotatable bonds is 6. The number of piperazine rings is 1. The van der Waals surface area contributed by atoms with Gasteiger partial charge in [0.05, 0.1) is 0 Å². The summed E-state index contributed by atoms with van der Waals surface area (Å²) in [5, 5.41) is 6.99. The maximum Gasteiger partial charge on any atom is 0.0340 e. The molecule has 1 heterocycles. The van der Waals surface area contributed by atoms with Crippen LogP contribution in [-0.2, 0) is 6.42 Å². The van der Waals surface area contributed by atoms with Crippen molar-refractivity contribution in [3.63, 3.8) is 0 Å². The number of hydrogen-bond donors (Lipinski definition) is 2. The predicted molar refractivity (Wildman–Crippen MR) is 82.8 cm³/mol. The highest BCUT2D eigenvalue weighted by Gasteiger charge is 2.17. The van der Waals surface area contributed by atoms with Crippen molar-refractivity contribution in [2.75, 3.05) is 38.5 Å². The van der Waals surface area contributed by atoms with E-state index < -0.39 is 0 Å². The second kappa shape index (κ2) is 7.51. The summed E-state index contributed by atoms with van der Waals surface area (Å²) in [4.78, 5) is 2.46. The van der Waals surface area contributed by atoms with E-state index in [1.54, 1.807) is 0 Å². The summed E-state index contributed by atoms with van der Waals surface area (Å²) in [6.45, 7) is 6.67. The molecule has 3 heteroatoms. The lowest BCUT2D eigenvalue weighted by molar-refractivity contribution is 0.194. The zero-order chi connectivity index (χ0) is 13.5. The molecule has 0 bridgehead atoms. The number of nitrogens with zero attached hydrogens (tertiary/aromatic N) is 1. The molecule has 1 atom stereocenters. The smallest absolute Gasteiger partial charge is 0.0340 e. The molecule has 2 rings (SSSR count). The molecule has 0 aromatic heterocycles. The average molecular weight is 261 g/mol. The van der Waals surface area contributed by atoms with E-state index in [0.29, 0.717) is 6.04 Å². The van der Waals surface area contributed by atoms with Crippen LogP contribution in [0.15, 0.2) is 24.3 Å². The van der Waals surface area contributed by atoms with Gasteiger partial charge < -0.3 is 15.5 Å². The maximum absolute atomic E-state index is 3.53. The highest BCUT2D eigenvalue weighted by molar-refractivity contribution is 5.44. The average Bonchev–Trinajstić information content (AvgIpc) is 2.43. The van der Waals surface area contributed by atoms with Gasteiger partial charge in [-0.05, 0) is 37.6 Å². The molecule has 1 aliphatic heterocycles. The van der Waals surface area contributed by atoms with Crippen LogP contribution in [0.1, 0.15) is 25.3 Å². The summed E-state index contributed by atoms with van der Waals surface area (Å²) in [7, 11) is 2.23. The number of aryl methyl sites for hydroxylation is 1. The molecule has 1 aliphatic rings. The van der Waals surface area contributed by atoms with E-state index in [9.17, 15) is 0 Å². The Morgan fingerprint density at radius 1 is 1.32 bits per heavy atom. The first-order valence-electron chi connectivity index (χ1n) is 7.53. The van der Waals surface area contributed by atoms with Gasteiger partial charge in [0.1, 0.15) is 0 Å². The zero-order valence-corrected chi connectivity index (χ0v) is 12.3. The Labute approximate surface area is 117 Å². The van der Waals surface area contributed by atoms with Crippen LogP contribution >= 0.6 is 0 Å². The fourth-order valence-corrected chi connectivity index (χ4v) is 2.65. The first-order chi connectivity index (χ1) is 9.29. The lowest BCUT2D eigenvalue weighted by Crippen LogP contribution is -2.49. The van der Waals surface area contributed by atoms with Crippen molar-refractivity contribution in [1.29, 1.82) is 0 Å². The van der Waals surface area contributed by atoms with Crippen molar-refractivity contribution in [3.05, 3.63) is 29.8 Å². The highest BCUT2D eigenvalue weighted by Crippen LogP contribution is 2.12. The molecule has 1 fully saturated rings. The van der Waals surface area contributed by atoms with E-state index in [-0.39, 0.29) is 0 Å². The summed E-state index contributed by atoms with van der Waals surface area (Å²) >= 11 is 0. The van der Waals surface area contributed by atoms with Gasteiger partial charge in [-0.25, -0.2) is 0 Å². The molecular formula is C16H27N3. The Kier molecular flexibility index (Phi) is 5.67. The summed E-state index contributed by atoms with van der Waals surface area (Å²) in [6.07, 6.45) is 3.59. The molecule has 0 aliphatic carbocycles. The summed E-state index contributed by atoms with van der Waals surface area (Å²) in [5.41, 5.74) is 2.68. The number of anilines is 1. The molecule has 1 unspecified atom stereocenters. The third kappa shape index (κ3) is 4.51. The van der Waals surface area contributed by atoms with Gasteiger partial charge in [0.25, 0.3) is 0 Å². The Bertz CT molecular complexity index is 361. The number of hydrogen-bond acceptors (Lipinski definition) is 3. The molecule has 19 heavy (non-hydrogen) atoms. The Hall–Kier alpha value is -1.06. The molecule has 0 amide bonds.